The molecule has 0 saturated heterocycles. The lowest BCUT2D eigenvalue weighted by atomic mass is 9.95. The van der Waals surface area contributed by atoms with Crippen molar-refractivity contribution in [2.75, 3.05) is 13.4 Å². The molecule has 0 radical (unpaired) electrons. The first kappa shape index (κ1) is 14.0. The first-order chi connectivity index (χ1) is 9.17. The topological polar surface area (TPSA) is 35.2 Å². The number of ether oxygens (including phenoxy) is 1. The van der Waals surface area contributed by atoms with Crippen LogP contribution in [0.2, 0.25) is 0 Å². The van der Waals surface area contributed by atoms with E-state index in [1.54, 1.807) is 18.9 Å². The first-order valence-corrected chi connectivity index (χ1v) is 7.43. The summed E-state index contributed by atoms with van der Waals surface area (Å²) in [6, 6.07) is 14.2. The molecule has 0 aliphatic rings. The Morgan fingerprint density at radius 2 is 1.84 bits per heavy atom. The number of benzene rings is 2. The van der Waals surface area contributed by atoms with E-state index in [0.29, 0.717) is 0 Å². The molecule has 1 unspecified atom stereocenters. The van der Waals surface area contributed by atoms with Crippen molar-refractivity contribution < 1.29 is 4.74 Å². The highest BCUT2D eigenvalue weighted by molar-refractivity contribution is 7.98. The lowest BCUT2D eigenvalue weighted by molar-refractivity contribution is 0.414. The highest BCUT2D eigenvalue weighted by Gasteiger charge is 2.14. The minimum atomic E-state index is -0.102. The van der Waals surface area contributed by atoms with E-state index in [1.807, 2.05) is 24.3 Å². The van der Waals surface area contributed by atoms with Crippen molar-refractivity contribution in [2.24, 2.45) is 5.73 Å². The minimum absolute atomic E-state index is 0.102. The van der Waals surface area contributed by atoms with Gasteiger partial charge in [-0.3, -0.25) is 0 Å². The van der Waals surface area contributed by atoms with Gasteiger partial charge in [-0.25, -0.2) is 0 Å². The summed E-state index contributed by atoms with van der Waals surface area (Å²) in [5, 5.41) is 0. The summed E-state index contributed by atoms with van der Waals surface area (Å²) >= 11 is 1.73. The third-order valence-electron chi connectivity index (χ3n) is 3.29. The molecule has 0 saturated carbocycles. The van der Waals surface area contributed by atoms with Gasteiger partial charge in [0.25, 0.3) is 0 Å². The number of methoxy groups -OCH3 is 1. The minimum Gasteiger partial charge on any atom is -0.497 e. The fourth-order valence-corrected chi connectivity index (χ4v) is 2.86. The maximum Gasteiger partial charge on any atom is 0.119 e. The predicted molar refractivity (Wildman–Crippen MR) is 82.0 cm³/mol. The van der Waals surface area contributed by atoms with Crippen molar-refractivity contribution in [1.29, 1.82) is 0 Å². The van der Waals surface area contributed by atoms with Crippen LogP contribution in [0, 0.1) is 6.92 Å². The molecule has 0 amide bonds. The van der Waals surface area contributed by atoms with E-state index in [0.717, 1.165) is 16.9 Å². The van der Waals surface area contributed by atoms with E-state index in [9.17, 15) is 0 Å². The predicted octanol–water partition coefficient (Wildman–Crippen LogP) is 3.77. The zero-order chi connectivity index (χ0) is 13.8. The third kappa shape index (κ3) is 2.94. The van der Waals surface area contributed by atoms with E-state index in [4.69, 9.17) is 10.5 Å². The monoisotopic (exact) mass is 273 g/mol. The molecule has 2 rings (SSSR count). The number of thioether (sulfide) groups is 1. The smallest absolute Gasteiger partial charge is 0.119 e. The lowest BCUT2D eigenvalue weighted by Crippen LogP contribution is -2.14. The lowest BCUT2D eigenvalue weighted by Gasteiger charge is -2.18. The maximum absolute atomic E-state index is 6.43. The largest absolute Gasteiger partial charge is 0.497 e. The van der Waals surface area contributed by atoms with Crippen LogP contribution < -0.4 is 10.5 Å². The summed E-state index contributed by atoms with van der Waals surface area (Å²) < 4.78 is 5.24. The van der Waals surface area contributed by atoms with Gasteiger partial charge >= 0.3 is 0 Å². The number of aryl methyl sites for hydroxylation is 1. The van der Waals surface area contributed by atoms with Crippen molar-refractivity contribution in [2.45, 2.75) is 17.9 Å². The highest BCUT2D eigenvalue weighted by Crippen LogP contribution is 2.31. The summed E-state index contributed by atoms with van der Waals surface area (Å²) in [5.41, 5.74) is 9.90. The molecule has 0 aliphatic heterocycles. The Morgan fingerprint density at radius 1 is 1.11 bits per heavy atom. The van der Waals surface area contributed by atoms with Crippen LogP contribution in [0.3, 0.4) is 0 Å². The average molecular weight is 273 g/mol. The zero-order valence-corrected chi connectivity index (χ0v) is 12.3. The van der Waals surface area contributed by atoms with E-state index in [1.165, 1.54) is 10.5 Å². The van der Waals surface area contributed by atoms with Crippen LogP contribution in [0.1, 0.15) is 22.7 Å². The van der Waals surface area contributed by atoms with Gasteiger partial charge in [-0.05, 0) is 48.1 Å². The van der Waals surface area contributed by atoms with E-state index in [2.05, 4.69) is 31.4 Å². The van der Waals surface area contributed by atoms with Gasteiger partial charge in [0.1, 0.15) is 5.75 Å². The molecule has 19 heavy (non-hydrogen) atoms. The van der Waals surface area contributed by atoms with Crippen LogP contribution in [0.15, 0.2) is 47.4 Å². The van der Waals surface area contributed by atoms with Gasteiger partial charge < -0.3 is 10.5 Å². The first-order valence-electron chi connectivity index (χ1n) is 6.20. The molecule has 0 aliphatic carbocycles. The maximum atomic E-state index is 6.43. The van der Waals surface area contributed by atoms with Gasteiger partial charge in [-0.15, -0.1) is 11.8 Å². The molecule has 0 bridgehead atoms. The van der Waals surface area contributed by atoms with Crippen molar-refractivity contribution >= 4 is 11.8 Å². The van der Waals surface area contributed by atoms with E-state index >= 15 is 0 Å². The molecule has 2 aromatic carbocycles. The van der Waals surface area contributed by atoms with Crippen LogP contribution >= 0.6 is 11.8 Å². The molecule has 100 valence electrons. The Labute approximate surface area is 119 Å². The summed E-state index contributed by atoms with van der Waals surface area (Å²) in [5.74, 6) is 0.867. The second kappa shape index (κ2) is 6.13. The standard InChI is InChI=1S/C16H19NOS/c1-11-10-12(18-2)8-9-13(11)16(17)14-6-4-5-7-15(14)19-3/h4-10,16H,17H2,1-3H3. The summed E-state index contributed by atoms with van der Waals surface area (Å²) in [6.45, 7) is 2.07. The quantitative estimate of drug-likeness (QED) is 0.861. The Hall–Kier alpha value is -1.45. The molecule has 3 heteroatoms. The number of hydrogen-bond acceptors (Lipinski definition) is 3. The van der Waals surface area contributed by atoms with Crippen LogP contribution in [-0.2, 0) is 0 Å². The molecule has 0 aromatic heterocycles. The molecular weight excluding hydrogens is 254 g/mol. The summed E-state index contributed by atoms with van der Waals surface area (Å²) in [7, 11) is 1.68. The van der Waals surface area contributed by atoms with Crippen molar-refractivity contribution in [3.05, 3.63) is 59.2 Å². The molecule has 2 N–H and O–H groups in total. The molecule has 0 spiro atoms. The number of nitrogens with two attached hydrogens (primary N) is 1. The van der Waals surface area contributed by atoms with Gasteiger partial charge in [0, 0.05) is 4.90 Å². The Kier molecular flexibility index (Phi) is 4.51. The Bertz CT molecular complexity index is 568. The summed E-state index contributed by atoms with van der Waals surface area (Å²) in [6.07, 6.45) is 2.08. The van der Waals surface area contributed by atoms with Crippen LogP contribution in [0.25, 0.3) is 0 Å². The van der Waals surface area contributed by atoms with Crippen molar-refractivity contribution in [3.8, 4) is 5.75 Å². The van der Waals surface area contributed by atoms with Gasteiger partial charge in [0.05, 0.1) is 13.2 Å². The second-order valence-electron chi connectivity index (χ2n) is 4.44. The highest BCUT2D eigenvalue weighted by atomic mass is 32.2. The van der Waals surface area contributed by atoms with Gasteiger partial charge in [-0.2, -0.15) is 0 Å². The molecule has 2 nitrogen and oxygen atoms in total. The van der Waals surface area contributed by atoms with Crippen molar-refractivity contribution in [1.82, 2.24) is 0 Å². The number of hydrogen-bond donors (Lipinski definition) is 1. The molecule has 0 fully saturated rings. The molecule has 0 heterocycles. The molecule has 2 aromatic rings. The van der Waals surface area contributed by atoms with Crippen LogP contribution in [-0.4, -0.2) is 13.4 Å². The molecular formula is C16H19NOS. The van der Waals surface area contributed by atoms with Gasteiger partial charge in [0.15, 0.2) is 0 Å². The number of rotatable bonds is 4. The normalized spacial score (nSPS) is 12.2. The van der Waals surface area contributed by atoms with Crippen LogP contribution in [0.5, 0.6) is 5.75 Å². The second-order valence-corrected chi connectivity index (χ2v) is 5.29. The summed E-state index contributed by atoms with van der Waals surface area (Å²) in [4.78, 5) is 1.23. The van der Waals surface area contributed by atoms with Gasteiger partial charge in [0.2, 0.25) is 0 Å². The van der Waals surface area contributed by atoms with E-state index < -0.39 is 0 Å². The van der Waals surface area contributed by atoms with E-state index in [-0.39, 0.29) is 6.04 Å². The average Bonchev–Trinajstić information content (AvgIpc) is 2.46. The zero-order valence-electron chi connectivity index (χ0n) is 11.5. The Morgan fingerprint density at radius 3 is 2.47 bits per heavy atom. The SMILES string of the molecule is COc1ccc(C(N)c2ccccc2SC)c(C)c1. The fourth-order valence-electron chi connectivity index (χ4n) is 2.21. The molecule has 1 atom stereocenters. The fraction of sp³-hybridized carbons (Fsp3) is 0.250. The Balaban J connectivity index is 2.41. The van der Waals surface area contributed by atoms with Crippen LogP contribution in [0.4, 0.5) is 0 Å². The van der Waals surface area contributed by atoms with Gasteiger partial charge in [-0.1, -0.05) is 24.3 Å². The van der Waals surface area contributed by atoms with Crippen molar-refractivity contribution in [3.63, 3.8) is 0 Å². The third-order valence-corrected chi connectivity index (χ3v) is 4.10.